The molecule has 5 heteroatoms. The van der Waals surface area contributed by atoms with Crippen LogP contribution in [0, 0.1) is 11.3 Å². The van der Waals surface area contributed by atoms with Crippen LogP contribution in [-0.2, 0) is 4.79 Å². The Morgan fingerprint density at radius 2 is 2.00 bits per heavy atom. The average molecular weight is 286 g/mol. The fourth-order valence-corrected chi connectivity index (χ4v) is 2.43. The van der Waals surface area contributed by atoms with Gasteiger partial charge in [0.15, 0.2) is 0 Å². The van der Waals surface area contributed by atoms with E-state index in [1.165, 1.54) is 0 Å². The number of anilines is 1. The molecule has 0 bridgehead atoms. The fourth-order valence-electron chi connectivity index (χ4n) is 2.43. The van der Waals surface area contributed by atoms with E-state index in [2.05, 4.69) is 28.2 Å². The van der Waals surface area contributed by atoms with Gasteiger partial charge in [-0.25, -0.2) is 0 Å². The molecule has 0 spiro atoms. The van der Waals surface area contributed by atoms with Crippen molar-refractivity contribution in [3.8, 4) is 6.07 Å². The summed E-state index contributed by atoms with van der Waals surface area (Å²) in [5.74, 6) is 0.0253. The van der Waals surface area contributed by atoms with Crippen molar-refractivity contribution in [1.29, 1.82) is 5.26 Å². The van der Waals surface area contributed by atoms with E-state index in [0.29, 0.717) is 12.0 Å². The summed E-state index contributed by atoms with van der Waals surface area (Å²) in [5, 5.41) is 11.6. The molecule has 1 aromatic rings. The molecule has 1 fully saturated rings. The number of carbonyl (C=O) groups excluding carboxylic acids is 1. The van der Waals surface area contributed by atoms with E-state index in [9.17, 15) is 4.79 Å². The number of hydrogen-bond donors (Lipinski definition) is 1. The van der Waals surface area contributed by atoms with E-state index in [1.807, 2.05) is 0 Å². The average Bonchev–Trinajstić information content (AvgIpc) is 2.70. The molecule has 1 amide bonds. The van der Waals surface area contributed by atoms with Crippen molar-refractivity contribution in [2.24, 2.45) is 0 Å². The van der Waals surface area contributed by atoms with Crippen molar-refractivity contribution in [1.82, 2.24) is 9.80 Å². The van der Waals surface area contributed by atoms with Gasteiger partial charge in [-0.15, -0.1) is 0 Å². The fraction of sp³-hybridized carbons (Fsp3) is 0.500. The van der Waals surface area contributed by atoms with E-state index in [-0.39, 0.29) is 5.91 Å². The molecular weight excluding hydrogens is 264 g/mol. The van der Waals surface area contributed by atoms with Gasteiger partial charge in [-0.05, 0) is 50.8 Å². The lowest BCUT2D eigenvalue weighted by Gasteiger charge is -2.19. The van der Waals surface area contributed by atoms with Crippen LogP contribution in [0.4, 0.5) is 5.69 Å². The Hall–Kier alpha value is -1.90. The topological polar surface area (TPSA) is 59.4 Å². The molecular formula is C16H22N4O. The van der Waals surface area contributed by atoms with Crippen LogP contribution in [0.5, 0.6) is 0 Å². The monoisotopic (exact) mass is 286 g/mol. The number of likely N-dealkylation sites (N-methyl/N-ethyl adjacent to an activating group) is 1. The Morgan fingerprint density at radius 3 is 2.71 bits per heavy atom. The molecule has 1 saturated heterocycles. The first-order valence-electron chi connectivity index (χ1n) is 7.38. The molecule has 0 saturated carbocycles. The molecule has 0 aromatic heterocycles. The van der Waals surface area contributed by atoms with Crippen molar-refractivity contribution in [3.63, 3.8) is 0 Å². The molecule has 0 unspecified atom stereocenters. The van der Waals surface area contributed by atoms with Crippen LogP contribution >= 0.6 is 0 Å². The van der Waals surface area contributed by atoms with Gasteiger partial charge in [-0.1, -0.05) is 0 Å². The predicted octanol–water partition coefficient (Wildman–Crippen LogP) is 1.52. The van der Waals surface area contributed by atoms with E-state index >= 15 is 0 Å². The normalized spacial score (nSPS) is 17.0. The minimum Gasteiger partial charge on any atom is -0.326 e. The van der Waals surface area contributed by atoms with Crippen molar-refractivity contribution >= 4 is 11.6 Å². The van der Waals surface area contributed by atoms with Gasteiger partial charge in [0.25, 0.3) is 0 Å². The number of nitrogens with one attached hydrogen (secondary N) is 1. The highest BCUT2D eigenvalue weighted by molar-refractivity contribution is 5.90. The third-order valence-electron chi connectivity index (χ3n) is 3.76. The highest BCUT2D eigenvalue weighted by Gasteiger charge is 2.13. The van der Waals surface area contributed by atoms with Crippen LogP contribution in [0.3, 0.4) is 0 Å². The first-order valence-corrected chi connectivity index (χ1v) is 7.38. The molecule has 1 N–H and O–H groups in total. The molecule has 1 heterocycles. The summed E-state index contributed by atoms with van der Waals surface area (Å²) in [6.07, 6.45) is 1.66. The molecule has 0 aliphatic carbocycles. The molecule has 1 aliphatic rings. The number of amides is 1. The zero-order valence-electron chi connectivity index (χ0n) is 12.5. The van der Waals surface area contributed by atoms with Crippen LogP contribution in [0.25, 0.3) is 0 Å². The summed E-state index contributed by atoms with van der Waals surface area (Å²) in [6, 6.07) is 9.00. The number of nitrogens with zero attached hydrogens (tertiary/aromatic N) is 3. The molecule has 2 rings (SSSR count). The number of benzene rings is 1. The zero-order valence-corrected chi connectivity index (χ0v) is 12.5. The second-order valence-electron chi connectivity index (χ2n) is 5.49. The smallest absolute Gasteiger partial charge is 0.225 e. The summed E-state index contributed by atoms with van der Waals surface area (Å²) < 4.78 is 0. The Kier molecular flexibility index (Phi) is 5.73. The lowest BCUT2D eigenvalue weighted by Crippen LogP contribution is -2.31. The van der Waals surface area contributed by atoms with Gasteiger partial charge in [0.1, 0.15) is 0 Å². The van der Waals surface area contributed by atoms with Crippen LogP contribution in [0.15, 0.2) is 24.3 Å². The number of rotatable bonds is 4. The van der Waals surface area contributed by atoms with Gasteiger partial charge < -0.3 is 15.1 Å². The van der Waals surface area contributed by atoms with Crippen molar-refractivity contribution in [3.05, 3.63) is 29.8 Å². The van der Waals surface area contributed by atoms with Gasteiger partial charge in [-0.3, -0.25) is 4.79 Å². The van der Waals surface area contributed by atoms with E-state index < -0.39 is 0 Å². The van der Waals surface area contributed by atoms with Crippen molar-refractivity contribution in [2.75, 3.05) is 45.1 Å². The number of nitriles is 1. The predicted molar refractivity (Wildman–Crippen MR) is 83.0 cm³/mol. The maximum atomic E-state index is 11.9. The molecule has 21 heavy (non-hydrogen) atoms. The summed E-state index contributed by atoms with van der Waals surface area (Å²) in [5.41, 5.74) is 1.34. The third kappa shape index (κ3) is 5.18. The summed E-state index contributed by atoms with van der Waals surface area (Å²) in [7, 11) is 2.14. The lowest BCUT2D eigenvalue weighted by molar-refractivity contribution is -0.116. The summed E-state index contributed by atoms with van der Waals surface area (Å²) in [6.45, 7) is 5.09. The molecule has 5 nitrogen and oxygen atoms in total. The minimum absolute atomic E-state index is 0.0253. The molecule has 1 aliphatic heterocycles. The minimum atomic E-state index is 0.0253. The van der Waals surface area contributed by atoms with Crippen LogP contribution < -0.4 is 5.32 Å². The maximum absolute atomic E-state index is 11.9. The lowest BCUT2D eigenvalue weighted by atomic mass is 10.2. The van der Waals surface area contributed by atoms with E-state index in [1.54, 1.807) is 24.3 Å². The van der Waals surface area contributed by atoms with Gasteiger partial charge in [0, 0.05) is 31.7 Å². The second-order valence-corrected chi connectivity index (χ2v) is 5.49. The highest BCUT2D eigenvalue weighted by atomic mass is 16.1. The first kappa shape index (κ1) is 15.5. The molecule has 0 atom stereocenters. The van der Waals surface area contributed by atoms with E-state index in [0.717, 1.165) is 44.8 Å². The highest BCUT2D eigenvalue weighted by Crippen LogP contribution is 2.09. The number of hydrogen-bond acceptors (Lipinski definition) is 4. The van der Waals surface area contributed by atoms with Crippen LogP contribution in [-0.4, -0.2) is 55.5 Å². The zero-order chi connectivity index (χ0) is 15.1. The summed E-state index contributed by atoms with van der Waals surface area (Å²) >= 11 is 0. The van der Waals surface area contributed by atoms with Crippen LogP contribution in [0.2, 0.25) is 0 Å². The third-order valence-corrected chi connectivity index (χ3v) is 3.76. The first-order chi connectivity index (χ1) is 10.2. The molecule has 0 radical (unpaired) electrons. The SMILES string of the molecule is CN1CCCN(CCC(=O)Nc2ccc(C#N)cc2)CC1. The van der Waals surface area contributed by atoms with Gasteiger partial charge in [0.05, 0.1) is 11.6 Å². The Labute approximate surface area is 126 Å². The summed E-state index contributed by atoms with van der Waals surface area (Å²) in [4.78, 5) is 16.6. The molecule has 1 aromatic carbocycles. The van der Waals surface area contributed by atoms with Crippen LogP contribution in [0.1, 0.15) is 18.4 Å². The van der Waals surface area contributed by atoms with Gasteiger partial charge in [-0.2, -0.15) is 5.26 Å². The second kappa shape index (κ2) is 7.77. The van der Waals surface area contributed by atoms with Gasteiger partial charge in [0.2, 0.25) is 5.91 Å². The Morgan fingerprint density at radius 1 is 1.24 bits per heavy atom. The maximum Gasteiger partial charge on any atom is 0.225 e. The quantitative estimate of drug-likeness (QED) is 0.912. The number of carbonyl (C=O) groups is 1. The van der Waals surface area contributed by atoms with Crippen molar-refractivity contribution in [2.45, 2.75) is 12.8 Å². The van der Waals surface area contributed by atoms with Crippen molar-refractivity contribution < 1.29 is 4.79 Å². The largest absolute Gasteiger partial charge is 0.326 e. The molecule has 112 valence electrons. The Balaban J connectivity index is 1.75. The van der Waals surface area contributed by atoms with E-state index in [4.69, 9.17) is 5.26 Å². The standard InChI is InChI=1S/C16H22N4O/c1-19-8-2-9-20(12-11-19)10-7-16(21)18-15-5-3-14(13-17)4-6-15/h3-6H,2,7-12H2,1H3,(H,18,21). The van der Waals surface area contributed by atoms with Gasteiger partial charge >= 0.3 is 0 Å². The Bertz CT molecular complexity index is 506.